The molecule has 0 amide bonds. The summed E-state index contributed by atoms with van der Waals surface area (Å²) in [6.07, 6.45) is 6.86. The van der Waals surface area contributed by atoms with Crippen LogP contribution in [0.3, 0.4) is 0 Å². The predicted molar refractivity (Wildman–Crippen MR) is 81.0 cm³/mol. The van der Waals surface area contributed by atoms with Gasteiger partial charge in [-0.2, -0.15) is 0 Å². The van der Waals surface area contributed by atoms with Crippen molar-refractivity contribution >= 4 is 0 Å². The first-order valence-electron chi connectivity index (χ1n) is 7.80. The number of hydrogen-bond donors (Lipinski definition) is 1. The Morgan fingerprint density at radius 2 is 1.72 bits per heavy atom. The van der Waals surface area contributed by atoms with Gasteiger partial charge in [0.1, 0.15) is 0 Å². The van der Waals surface area contributed by atoms with Crippen LogP contribution in [-0.2, 0) is 0 Å². The number of nitrogens with zero attached hydrogens (tertiary/aromatic N) is 1. The first kappa shape index (κ1) is 16.0. The number of likely N-dealkylation sites (N-methyl/N-ethyl adjacent to an activating group) is 1. The molecule has 0 aromatic carbocycles. The van der Waals surface area contributed by atoms with Crippen molar-refractivity contribution in [3.05, 3.63) is 0 Å². The highest BCUT2D eigenvalue weighted by Crippen LogP contribution is 2.27. The van der Waals surface area contributed by atoms with Crippen molar-refractivity contribution in [2.24, 2.45) is 5.92 Å². The van der Waals surface area contributed by atoms with E-state index in [0.29, 0.717) is 6.04 Å². The van der Waals surface area contributed by atoms with E-state index < -0.39 is 0 Å². The lowest BCUT2D eigenvalue weighted by Gasteiger charge is -2.39. The van der Waals surface area contributed by atoms with E-state index in [0.717, 1.165) is 18.5 Å². The molecule has 1 N–H and O–H groups in total. The molecular formula is C16H34N2. The lowest BCUT2D eigenvalue weighted by atomic mass is 9.86. The normalized spacial score (nSPS) is 27.5. The van der Waals surface area contributed by atoms with E-state index in [1.165, 1.54) is 32.1 Å². The van der Waals surface area contributed by atoms with Gasteiger partial charge in [-0.15, -0.1) is 0 Å². The first-order chi connectivity index (χ1) is 8.33. The Hall–Kier alpha value is -0.0800. The highest BCUT2D eigenvalue weighted by Gasteiger charge is 2.26. The standard InChI is InChI=1S/C16H34N2/c1-7-14(12-17-16(3,4)5)18(6)15-10-8-13(2)9-11-15/h13-15,17H,7-12H2,1-6H3. The third-order valence-electron chi connectivity index (χ3n) is 4.48. The Morgan fingerprint density at radius 1 is 1.17 bits per heavy atom. The summed E-state index contributed by atoms with van der Waals surface area (Å²) < 4.78 is 0. The second kappa shape index (κ2) is 6.91. The maximum absolute atomic E-state index is 3.66. The fraction of sp³-hybridized carbons (Fsp3) is 1.00. The molecule has 108 valence electrons. The maximum atomic E-state index is 3.66. The van der Waals surface area contributed by atoms with Crippen LogP contribution in [0.5, 0.6) is 0 Å². The van der Waals surface area contributed by atoms with Gasteiger partial charge in [0, 0.05) is 24.2 Å². The van der Waals surface area contributed by atoms with E-state index in [2.05, 4.69) is 51.9 Å². The zero-order valence-corrected chi connectivity index (χ0v) is 13.4. The Balaban J connectivity index is 2.43. The third-order valence-corrected chi connectivity index (χ3v) is 4.48. The molecule has 1 rings (SSSR count). The van der Waals surface area contributed by atoms with Gasteiger partial charge in [-0.05, 0) is 65.8 Å². The molecule has 0 spiro atoms. The SMILES string of the molecule is CCC(CNC(C)(C)C)N(C)C1CCC(C)CC1. The van der Waals surface area contributed by atoms with Crippen LogP contribution in [0.25, 0.3) is 0 Å². The van der Waals surface area contributed by atoms with Gasteiger partial charge in [0.25, 0.3) is 0 Å². The third kappa shape index (κ3) is 5.27. The fourth-order valence-corrected chi connectivity index (χ4v) is 2.95. The minimum absolute atomic E-state index is 0.231. The van der Waals surface area contributed by atoms with E-state index >= 15 is 0 Å². The van der Waals surface area contributed by atoms with Crippen LogP contribution in [0.4, 0.5) is 0 Å². The van der Waals surface area contributed by atoms with Gasteiger partial charge in [-0.25, -0.2) is 0 Å². The van der Waals surface area contributed by atoms with Crippen molar-refractivity contribution < 1.29 is 0 Å². The Labute approximate surface area is 115 Å². The molecule has 2 heteroatoms. The topological polar surface area (TPSA) is 15.3 Å². The molecular weight excluding hydrogens is 220 g/mol. The van der Waals surface area contributed by atoms with Crippen LogP contribution in [-0.4, -0.2) is 36.1 Å². The van der Waals surface area contributed by atoms with E-state index in [4.69, 9.17) is 0 Å². The lowest BCUT2D eigenvalue weighted by Crippen LogP contribution is -2.49. The molecule has 1 aliphatic rings. The van der Waals surface area contributed by atoms with Crippen molar-refractivity contribution in [2.75, 3.05) is 13.6 Å². The molecule has 0 heterocycles. The van der Waals surface area contributed by atoms with Crippen LogP contribution in [0, 0.1) is 5.92 Å². The minimum Gasteiger partial charge on any atom is -0.311 e. The molecule has 1 saturated carbocycles. The zero-order chi connectivity index (χ0) is 13.8. The molecule has 0 aliphatic heterocycles. The van der Waals surface area contributed by atoms with Gasteiger partial charge in [-0.3, -0.25) is 4.90 Å². The van der Waals surface area contributed by atoms with E-state index in [9.17, 15) is 0 Å². The lowest BCUT2D eigenvalue weighted by molar-refractivity contribution is 0.114. The van der Waals surface area contributed by atoms with Crippen LogP contribution >= 0.6 is 0 Å². The summed E-state index contributed by atoms with van der Waals surface area (Å²) >= 11 is 0. The van der Waals surface area contributed by atoms with Gasteiger partial charge in [0.2, 0.25) is 0 Å². The molecule has 1 atom stereocenters. The summed E-state index contributed by atoms with van der Waals surface area (Å²) in [6.45, 7) is 12.6. The maximum Gasteiger partial charge on any atom is 0.0218 e. The Morgan fingerprint density at radius 3 is 2.17 bits per heavy atom. The molecule has 2 nitrogen and oxygen atoms in total. The zero-order valence-electron chi connectivity index (χ0n) is 13.4. The minimum atomic E-state index is 0.231. The van der Waals surface area contributed by atoms with E-state index in [-0.39, 0.29) is 5.54 Å². The summed E-state index contributed by atoms with van der Waals surface area (Å²) in [7, 11) is 2.33. The van der Waals surface area contributed by atoms with E-state index in [1.54, 1.807) is 0 Å². The van der Waals surface area contributed by atoms with Crippen LogP contribution in [0.1, 0.15) is 66.7 Å². The summed E-state index contributed by atoms with van der Waals surface area (Å²) in [5.74, 6) is 0.947. The van der Waals surface area contributed by atoms with Crippen molar-refractivity contribution in [3.8, 4) is 0 Å². The summed E-state index contributed by atoms with van der Waals surface area (Å²) in [6, 6.07) is 1.50. The summed E-state index contributed by atoms with van der Waals surface area (Å²) in [5, 5.41) is 3.66. The monoisotopic (exact) mass is 254 g/mol. The molecule has 0 radical (unpaired) electrons. The number of hydrogen-bond acceptors (Lipinski definition) is 2. The van der Waals surface area contributed by atoms with Crippen LogP contribution in [0.2, 0.25) is 0 Å². The fourth-order valence-electron chi connectivity index (χ4n) is 2.95. The summed E-state index contributed by atoms with van der Waals surface area (Å²) in [5.41, 5.74) is 0.231. The largest absolute Gasteiger partial charge is 0.311 e. The van der Waals surface area contributed by atoms with Gasteiger partial charge < -0.3 is 5.32 Å². The number of nitrogens with one attached hydrogen (secondary N) is 1. The summed E-state index contributed by atoms with van der Waals surface area (Å²) in [4.78, 5) is 2.64. The molecule has 0 aromatic heterocycles. The van der Waals surface area contributed by atoms with Crippen molar-refractivity contribution in [1.82, 2.24) is 10.2 Å². The van der Waals surface area contributed by atoms with E-state index in [1.807, 2.05) is 0 Å². The molecule has 1 fully saturated rings. The Kier molecular flexibility index (Phi) is 6.13. The van der Waals surface area contributed by atoms with Crippen LogP contribution in [0.15, 0.2) is 0 Å². The van der Waals surface area contributed by atoms with Crippen molar-refractivity contribution in [3.63, 3.8) is 0 Å². The van der Waals surface area contributed by atoms with Gasteiger partial charge in [-0.1, -0.05) is 13.8 Å². The molecule has 1 aliphatic carbocycles. The quantitative estimate of drug-likeness (QED) is 0.805. The Bertz CT molecular complexity index is 224. The molecule has 0 aromatic rings. The smallest absolute Gasteiger partial charge is 0.0218 e. The number of rotatable bonds is 5. The van der Waals surface area contributed by atoms with Gasteiger partial charge >= 0.3 is 0 Å². The van der Waals surface area contributed by atoms with Crippen molar-refractivity contribution in [1.29, 1.82) is 0 Å². The highest BCUT2D eigenvalue weighted by molar-refractivity contribution is 4.83. The molecule has 18 heavy (non-hydrogen) atoms. The highest BCUT2D eigenvalue weighted by atomic mass is 15.2. The van der Waals surface area contributed by atoms with Crippen molar-refractivity contribution in [2.45, 2.75) is 84.3 Å². The molecule has 0 saturated heterocycles. The van der Waals surface area contributed by atoms with Gasteiger partial charge in [0.15, 0.2) is 0 Å². The average Bonchev–Trinajstić information content (AvgIpc) is 2.29. The first-order valence-corrected chi connectivity index (χ1v) is 7.80. The second-order valence-electron chi connectivity index (χ2n) is 7.27. The average molecular weight is 254 g/mol. The second-order valence-corrected chi connectivity index (χ2v) is 7.27. The predicted octanol–water partition coefficient (Wildman–Crippen LogP) is 3.66. The van der Waals surface area contributed by atoms with Crippen LogP contribution < -0.4 is 5.32 Å². The molecule has 0 bridgehead atoms. The molecule has 1 unspecified atom stereocenters. The van der Waals surface area contributed by atoms with Gasteiger partial charge in [0.05, 0.1) is 0 Å².